The van der Waals surface area contributed by atoms with Gasteiger partial charge in [0, 0.05) is 12.5 Å². The Bertz CT molecular complexity index is 1820. The predicted molar refractivity (Wildman–Crippen MR) is 182 cm³/mol. The molecule has 1 aromatic heterocycles. The molecule has 11 heteroatoms. The molecule has 0 saturated carbocycles. The Hall–Kier alpha value is -5.06. The van der Waals surface area contributed by atoms with Crippen molar-refractivity contribution in [2.75, 3.05) is 26.6 Å². The van der Waals surface area contributed by atoms with Crippen molar-refractivity contribution < 1.29 is 23.8 Å². The summed E-state index contributed by atoms with van der Waals surface area (Å²) in [7, 11) is 4.67. The first-order valence-electron chi connectivity index (χ1n) is 15.9. The van der Waals surface area contributed by atoms with Crippen LogP contribution in [0.4, 0.5) is 5.69 Å². The van der Waals surface area contributed by atoms with E-state index in [1.807, 2.05) is 57.2 Å². The van der Waals surface area contributed by atoms with Crippen molar-refractivity contribution in [2.24, 2.45) is 5.92 Å². The van der Waals surface area contributed by atoms with Crippen LogP contribution in [0.1, 0.15) is 69.6 Å². The Morgan fingerprint density at radius 3 is 2.43 bits per heavy atom. The monoisotopic (exact) mass is 641 g/mol. The zero-order valence-electron chi connectivity index (χ0n) is 27.9. The number of ether oxygens (including phenoxy) is 3. The van der Waals surface area contributed by atoms with Crippen molar-refractivity contribution in [1.29, 1.82) is 0 Å². The van der Waals surface area contributed by atoms with E-state index in [1.54, 1.807) is 33.5 Å². The van der Waals surface area contributed by atoms with Crippen LogP contribution < -0.4 is 35.6 Å². The molecule has 0 saturated heterocycles. The smallest absolute Gasteiger partial charge is 0.243 e. The number of fused-ring (bicyclic) bond motifs is 4. The number of benzene rings is 2. The van der Waals surface area contributed by atoms with Crippen LogP contribution in [-0.2, 0) is 16.0 Å². The second-order valence-electron chi connectivity index (χ2n) is 12.0. The van der Waals surface area contributed by atoms with E-state index < -0.39 is 18.1 Å². The summed E-state index contributed by atoms with van der Waals surface area (Å²) in [5.41, 5.74) is 4.70. The third kappa shape index (κ3) is 6.74. The Labute approximate surface area is 274 Å². The van der Waals surface area contributed by atoms with Gasteiger partial charge in [-0.1, -0.05) is 38.5 Å². The lowest BCUT2D eigenvalue weighted by Crippen LogP contribution is -2.45. The molecule has 248 valence electrons. The SMILES string of the molecule is CCC(C)C(Nc1ccc2c(cc1=O)C(NC(C)=O)CCc1cc(OC)c(OC)c(OC)c1-2)C(=O)NC(C)c1nc2ccccc2[nH]1. The molecule has 4 unspecified atom stereocenters. The molecule has 3 aromatic carbocycles. The predicted octanol–water partition coefficient (Wildman–Crippen LogP) is 5.44. The van der Waals surface area contributed by atoms with Crippen LogP contribution in [0.2, 0.25) is 0 Å². The number of hydrogen-bond acceptors (Lipinski definition) is 8. The summed E-state index contributed by atoms with van der Waals surface area (Å²) in [5.74, 6) is 1.50. The minimum Gasteiger partial charge on any atom is -0.493 e. The lowest BCUT2D eigenvalue weighted by Gasteiger charge is -2.25. The molecule has 0 radical (unpaired) electrons. The van der Waals surface area contributed by atoms with Crippen molar-refractivity contribution in [2.45, 2.75) is 65.1 Å². The lowest BCUT2D eigenvalue weighted by molar-refractivity contribution is -0.123. The van der Waals surface area contributed by atoms with E-state index in [1.165, 1.54) is 6.92 Å². The van der Waals surface area contributed by atoms with Gasteiger partial charge in [-0.15, -0.1) is 0 Å². The van der Waals surface area contributed by atoms with Crippen LogP contribution in [0.3, 0.4) is 0 Å². The summed E-state index contributed by atoms with van der Waals surface area (Å²) in [5, 5.41) is 9.37. The largest absolute Gasteiger partial charge is 0.493 e. The number of carbonyl (C=O) groups is 2. The summed E-state index contributed by atoms with van der Waals surface area (Å²) in [4.78, 5) is 47.9. The summed E-state index contributed by atoms with van der Waals surface area (Å²) >= 11 is 0. The van der Waals surface area contributed by atoms with Crippen molar-refractivity contribution in [3.8, 4) is 28.4 Å². The number of aryl methyl sites for hydroxylation is 1. The number of anilines is 1. The summed E-state index contributed by atoms with van der Waals surface area (Å²) in [6.07, 6.45) is 1.83. The molecule has 1 aliphatic carbocycles. The van der Waals surface area contributed by atoms with E-state index in [9.17, 15) is 14.4 Å². The maximum absolute atomic E-state index is 13.9. The van der Waals surface area contributed by atoms with Gasteiger partial charge in [0.05, 0.1) is 50.1 Å². The molecule has 0 bridgehead atoms. The number of nitrogens with one attached hydrogen (secondary N) is 4. The highest BCUT2D eigenvalue weighted by atomic mass is 16.5. The Balaban J connectivity index is 1.56. The van der Waals surface area contributed by atoms with Gasteiger partial charge in [0.1, 0.15) is 11.9 Å². The van der Waals surface area contributed by atoms with Crippen LogP contribution >= 0.6 is 0 Å². The van der Waals surface area contributed by atoms with Gasteiger partial charge >= 0.3 is 0 Å². The van der Waals surface area contributed by atoms with Gasteiger partial charge in [0.15, 0.2) is 11.5 Å². The number of rotatable bonds is 11. The van der Waals surface area contributed by atoms with E-state index in [0.717, 1.165) is 22.2 Å². The molecule has 47 heavy (non-hydrogen) atoms. The van der Waals surface area contributed by atoms with Gasteiger partial charge in [-0.05, 0) is 72.7 Å². The average molecular weight is 642 g/mol. The molecule has 2 amide bonds. The van der Waals surface area contributed by atoms with Gasteiger partial charge < -0.3 is 35.1 Å². The number of methoxy groups -OCH3 is 3. The Kier molecular flexibility index (Phi) is 10.0. The number of para-hydroxylation sites is 2. The topological polar surface area (TPSA) is 144 Å². The second-order valence-corrected chi connectivity index (χ2v) is 12.0. The number of nitrogens with zero attached hydrogens (tertiary/aromatic N) is 1. The molecular weight excluding hydrogens is 598 g/mol. The Morgan fingerprint density at radius 1 is 1.02 bits per heavy atom. The van der Waals surface area contributed by atoms with E-state index in [4.69, 9.17) is 14.2 Å². The average Bonchev–Trinajstić information content (AvgIpc) is 3.37. The van der Waals surface area contributed by atoms with Crippen molar-refractivity contribution in [3.05, 3.63) is 75.7 Å². The van der Waals surface area contributed by atoms with Gasteiger partial charge in [-0.25, -0.2) is 4.98 Å². The fourth-order valence-corrected chi connectivity index (χ4v) is 6.25. The molecule has 1 aliphatic rings. The molecule has 0 aliphatic heterocycles. The third-order valence-corrected chi connectivity index (χ3v) is 8.90. The van der Waals surface area contributed by atoms with Gasteiger partial charge in [0.25, 0.3) is 0 Å². The van der Waals surface area contributed by atoms with Crippen LogP contribution in [-0.4, -0.2) is 49.2 Å². The molecule has 4 aromatic rings. The highest BCUT2D eigenvalue weighted by Crippen LogP contribution is 2.50. The number of imidazole rings is 1. The first-order chi connectivity index (χ1) is 22.6. The second kappa shape index (κ2) is 14.1. The summed E-state index contributed by atoms with van der Waals surface area (Å²) < 4.78 is 17.2. The Morgan fingerprint density at radius 2 is 1.77 bits per heavy atom. The van der Waals surface area contributed by atoms with Crippen LogP contribution in [0.5, 0.6) is 17.2 Å². The molecule has 5 rings (SSSR count). The molecular formula is C36H43N5O6. The molecule has 0 fully saturated rings. The molecule has 4 atom stereocenters. The van der Waals surface area contributed by atoms with Crippen LogP contribution in [0, 0.1) is 5.92 Å². The molecule has 4 N–H and O–H groups in total. The standard InChI is InChI=1S/C36H43N5O6/c1-8-19(2)32(36(44)37-20(3)35-40-26-11-9-10-12-27(26)41-35)39-28-16-14-23-24(18-29(28)43)25(38-21(4)42)15-13-22-17-30(45-5)33(46-6)34(47-7)31(22)23/h9-12,14,16-20,25,32H,8,13,15H2,1-7H3,(H,37,44)(H,38,42)(H,39,43)(H,40,41). The van der Waals surface area contributed by atoms with E-state index in [-0.39, 0.29) is 28.8 Å². The zero-order chi connectivity index (χ0) is 33.8. The summed E-state index contributed by atoms with van der Waals surface area (Å²) in [6, 6.07) is 13.1. The highest BCUT2D eigenvalue weighted by molar-refractivity contribution is 5.86. The van der Waals surface area contributed by atoms with Gasteiger partial charge in [-0.3, -0.25) is 14.4 Å². The molecule has 11 nitrogen and oxygen atoms in total. The van der Waals surface area contributed by atoms with E-state index in [0.29, 0.717) is 53.5 Å². The fourth-order valence-electron chi connectivity index (χ4n) is 6.25. The first-order valence-corrected chi connectivity index (χ1v) is 15.9. The molecule has 0 spiro atoms. The number of aromatic nitrogens is 2. The summed E-state index contributed by atoms with van der Waals surface area (Å²) in [6.45, 7) is 7.31. The minimum atomic E-state index is -0.709. The first kappa shape index (κ1) is 33.3. The zero-order valence-corrected chi connectivity index (χ0v) is 27.9. The third-order valence-electron chi connectivity index (χ3n) is 8.90. The van der Waals surface area contributed by atoms with Gasteiger partial charge in [-0.2, -0.15) is 0 Å². The minimum absolute atomic E-state index is 0.106. The number of H-pyrrole nitrogens is 1. The van der Waals surface area contributed by atoms with Crippen molar-refractivity contribution in [1.82, 2.24) is 20.6 Å². The fraction of sp³-hybridized carbons (Fsp3) is 0.389. The van der Waals surface area contributed by atoms with Crippen molar-refractivity contribution in [3.63, 3.8) is 0 Å². The normalized spacial score (nSPS) is 15.7. The van der Waals surface area contributed by atoms with Gasteiger partial charge in [0.2, 0.25) is 23.0 Å². The van der Waals surface area contributed by atoms with E-state index in [2.05, 4.69) is 25.9 Å². The van der Waals surface area contributed by atoms with Crippen LogP contribution in [0.15, 0.2) is 53.3 Å². The van der Waals surface area contributed by atoms with Crippen LogP contribution in [0.25, 0.3) is 22.2 Å². The van der Waals surface area contributed by atoms with Crippen molar-refractivity contribution >= 4 is 28.5 Å². The lowest BCUT2D eigenvalue weighted by atomic mass is 9.95. The molecule has 1 heterocycles. The number of hydrogen-bond donors (Lipinski definition) is 4. The highest BCUT2D eigenvalue weighted by Gasteiger charge is 2.31. The number of carbonyl (C=O) groups excluding carboxylic acids is 2. The maximum Gasteiger partial charge on any atom is 0.243 e. The quantitative estimate of drug-likeness (QED) is 0.170. The maximum atomic E-state index is 13.9. The number of amides is 2. The number of aromatic amines is 1. The van der Waals surface area contributed by atoms with E-state index >= 15 is 0 Å².